The van der Waals surface area contributed by atoms with Gasteiger partial charge < -0.3 is 10.5 Å². The van der Waals surface area contributed by atoms with E-state index in [-0.39, 0.29) is 18.2 Å². The van der Waals surface area contributed by atoms with Gasteiger partial charge in [0.2, 0.25) is 0 Å². The monoisotopic (exact) mass is 399 g/mol. The topological polar surface area (TPSA) is 35.2 Å². The van der Waals surface area contributed by atoms with Gasteiger partial charge in [0.1, 0.15) is 11.6 Å². The van der Waals surface area contributed by atoms with E-state index in [2.05, 4.69) is 20.7 Å². The van der Waals surface area contributed by atoms with Crippen LogP contribution in [-0.2, 0) is 0 Å². The molecule has 2 N–H and O–H groups in total. The summed E-state index contributed by atoms with van der Waals surface area (Å²) in [4.78, 5) is 0. The molecule has 0 fully saturated rings. The van der Waals surface area contributed by atoms with Gasteiger partial charge in [-0.05, 0) is 51.3 Å². The molecule has 0 aliphatic heterocycles. The van der Waals surface area contributed by atoms with E-state index in [1.807, 2.05) is 0 Å². The van der Waals surface area contributed by atoms with Crippen LogP contribution in [0, 0.1) is 5.82 Å². The zero-order chi connectivity index (χ0) is 15.6. The fourth-order valence-electron chi connectivity index (χ4n) is 1.78. The van der Waals surface area contributed by atoms with Gasteiger partial charge in [-0.3, -0.25) is 0 Å². The molecule has 2 rings (SSSR count). The third-order valence-electron chi connectivity index (χ3n) is 2.78. The molecular weight excluding hydrogens is 390 g/mol. The predicted molar refractivity (Wildman–Crippen MR) is 80.5 cm³/mol. The summed E-state index contributed by atoms with van der Waals surface area (Å²) >= 11 is 3.03. The summed E-state index contributed by atoms with van der Waals surface area (Å²) in [6.07, 6.45) is -4.74. The Hall–Kier alpha value is -1.31. The molecule has 8 heteroatoms. The lowest BCUT2D eigenvalue weighted by Crippen LogP contribution is -2.17. The molecule has 0 radical (unpaired) electrons. The highest BCUT2D eigenvalue weighted by Gasteiger charge is 2.31. The average Bonchev–Trinajstić information content (AvgIpc) is 2.40. The Morgan fingerprint density at radius 2 is 1.55 bits per heavy atom. The van der Waals surface area contributed by atoms with Crippen LogP contribution in [0.1, 0.15) is 17.2 Å². The molecule has 0 spiro atoms. The molecular formula is C14H11BrClF4NO. The standard InChI is InChI=1S/C14H10BrF4NO.ClH/c15-11-6-3-9(7-12(11)16)13(20)8-1-4-10(5-2-8)21-14(17,18)19;/h1-7,13H,20H2;1H/t13-;/m1./s1. The summed E-state index contributed by atoms with van der Waals surface area (Å²) < 4.78 is 53.7. The van der Waals surface area contributed by atoms with Crippen LogP contribution in [0.2, 0.25) is 0 Å². The maximum absolute atomic E-state index is 13.5. The van der Waals surface area contributed by atoms with Gasteiger partial charge in [0.25, 0.3) is 0 Å². The van der Waals surface area contributed by atoms with Crippen LogP contribution in [0.25, 0.3) is 0 Å². The van der Waals surface area contributed by atoms with Gasteiger partial charge in [-0.1, -0.05) is 18.2 Å². The number of halogens is 6. The third kappa shape index (κ3) is 4.86. The minimum Gasteiger partial charge on any atom is -0.406 e. The summed E-state index contributed by atoms with van der Waals surface area (Å²) in [6, 6.07) is 8.93. The van der Waals surface area contributed by atoms with Crippen LogP contribution < -0.4 is 10.5 Å². The third-order valence-corrected chi connectivity index (χ3v) is 3.42. The van der Waals surface area contributed by atoms with Crippen molar-refractivity contribution in [1.82, 2.24) is 0 Å². The number of hydrogen-bond acceptors (Lipinski definition) is 2. The first-order valence-corrected chi connectivity index (χ1v) is 6.62. The molecule has 0 aliphatic rings. The Morgan fingerprint density at radius 3 is 2.05 bits per heavy atom. The van der Waals surface area contributed by atoms with Gasteiger partial charge in [-0.2, -0.15) is 0 Å². The Labute approximate surface area is 138 Å². The predicted octanol–water partition coefficient (Wildman–Crippen LogP) is 4.96. The molecule has 2 nitrogen and oxygen atoms in total. The zero-order valence-electron chi connectivity index (χ0n) is 10.9. The second kappa shape index (κ2) is 7.30. The van der Waals surface area contributed by atoms with Crippen molar-refractivity contribution in [3.05, 3.63) is 63.9 Å². The molecule has 0 bridgehead atoms. The molecule has 1 atom stereocenters. The van der Waals surface area contributed by atoms with Gasteiger partial charge in [0.15, 0.2) is 0 Å². The minimum atomic E-state index is -4.74. The number of rotatable bonds is 3. The van der Waals surface area contributed by atoms with Crippen LogP contribution in [0.4, 0.5) is 17.6 Å². The number of nitrogens with two attached hydrogens (primary N) is 1. The van der Waals surface area contributed by atoms with Crippen LogP contribution in [0.3, 0.4) is 0 Å². The average molecular weight is 401 g/mol. The van der Waals surface area contributed by atoms with Gasteiger partial charge in [-0.15, -0.1) is 25.6 Å². The summed E-state index contributed by atoms with van der Waals surface area (Å²) in [5, 5.41) is 0. The van der Waals surface area contributed by atoms with E-state index in [4.69, 9.17) is 5.73 Å². The molecule has 0 aliphatic carbocycles. The Balaban J connectivity index is 0.00000242. The summed E-state index contributed by atoms with van der Waals surface area (Å²) in [5.74, 6) is -0.791. The second-order valence-corrected chi connectivity index (χ2v) is 5.12. The lowest BCUT2D eigenvalue weighted by molar-refractivity contribution is -0.274. The highest BCUT2D eigenvalue weighted by atomic mass is 79.9. The maximum atomic E-state index is 13.5. The molecule has 0 saturated carbocycles. The fraction of sp³-hybridized carbons (Fsp3) is 0.143. The summed E-state index contributed by atoms with van der Waals surface area (Å²) in [6.45, 7) is 0. The van der Waals surface area contributed by atoms with E-state index in [1.54, 1.807) is 6.07 Å². The lowest BCUT2D eigenvalue weighted by atomic mass is 9.99. The van der Waals surface area contributed by atoms with E-state index in [0.29, 0.717) is 15.6 Å². The Kier molecular flexibility index (Phi) is 6.22. The first-order chi connectivity index (χ1) is 9.76. The van der Waals surface area contributed by atoms with Crippen molar-refractivity contribution in [2.45, 2.75) is 12.4 Å². The maximum Gasteiger partial charge on any atom is 0.573 e. The van der Waals surface area contributed by atoms with Gasteiger partial charge >= 0.3 is 6.36 Å². The largest absolute Gasteiger partial charge is 0.573 e. The first kappa shape index (κ1) is 18.7. The van der Waals surface area contributed by atoms with Crippen LogP contribution in [0.15, 0.2) is 46.9 Å². The van der Waals surface area contributed by atoms with Gasteiger partial charge in [0, 0.05) is 0 Å². The van der Waals surface area contributed by atoms with Crippen molar-refractivity contribution >= 4 is 28.3 Å². The molecule has 2 aromatic carbocycles. The summed E-state index contributed by atoms with van der Waals surface area (Å²) in [7, 11) is 0. The van der Waals surface area contributed by atoms with E-state index in [9.17, 15) is 17.6 Å². The van der Waals surface area contributed by atoms with Crippen molar-refractivity contribution in [1.29, 1.82) is 0 Å². The van der Waals surface area contributed by atoms with Crippen molar-refractivity contribution in [3.8, 4) is 5.75 Å². The SMILES string of the molecule is Cl.N[C@H](c1ccc(OC(F)(F)F)cc1)c1ccc(Br)c(F)c1. The van der Waals surface area contributed by atoms with Crippen LogP contribution in [0.5, 0.6) is 5.75 Å². The molecule has 0 saturated heterocycles. The molecule has 0 heterocycles. The fourth-order valence-corrected chi connectivity index (χ4v) is 2.02. The minimum absolute atomic E-state index is 0. The van der Waals surface area contributed by atoms with E-state index < -0.39 is 18.2 Å². The normalized spacial score (nSPS) is 12.5. The second-order valence-electron chi connectivity index (χ2n) is 4.27. The summed E-state index contributed by atoms with van der Waals surface area (Å²) in [5.41, 5.74) is 7.03. The van der Waals surface area contributed by atoms with E-state index in [0.717, 1.165) is 12.1 Å². The molecule has 0 amide bonds. The van der Waals surface area contributed by atoms with Crippen LogP contribution in [-0.4, -0.2) is 6.36 Å². The molecule has 0 unspecified atom stereocenters. The van der Waals surface area contributed by atoms with Gasteiger partial charge in [0.05, 0.1) is 10.5 Å². The molecule has 2 aromatic rings. The van der Waals surface area contributed by atoms with E-state index >= 15 is 0 Å². The quantitative estimate of drug-likeness (QED) is 0.740. The zero-order valence-corrected chi connectivity index (χ0v) is 13.3. The first-order valence-electron chi connectivity index (χ1n) is 5.82. The number of alkyl halides is 3. The molecule has 120 valence electrons. The number of benzene rings is 2. The van der Waals surface area contributed by atoms with Crippen LogP contribution >= 0.6 is 28.3 Å². The van der Waals surface area contributed by atoms with Gasteiger partial charge in [-0.25, -0.2) is 4.39 Å². The molecule has 22 heavy (non-hydrogen) atoms. The number of ether oxygens (including phenoxy) is 1. The molecule has 0 aromatic heterocycles. The highest BCUT2D eigenvalue weighted by Crippen LogP contribution is 2.27. The lowest BCUT2D eigenvalue weighted by Gasteiger charge is -2.14. The number of hydrogen-bond donors (Lipinski definition) is 1. The Bertz CT molecular complexity index is 634. The smallest absolute Gasteiger partial charge is 0.406 e. The van der Waals surface area contributed by atoms with Crippen molar-refractivity contribution in [2.24, 2.45) is 5.73 Å². The van der Waals surface area contributed by atoms with E-state index in [1.165, 1.54) is 24.3 Å². The Morgan fingerprint density at radius 1 is 1.00 bits per heavy atom. The van der Waals surface area contributed by atoms with Crippen molar-refractivity contribution < 1.29 is 22.3 Å². The van der Waals surface area contributed by atoms with Crippen molar-refractivity contribution in [3.63, 3.8) is 0 Å². The van der Waals surface area contributed by atoms with Crippen molar-refractivity contribution in [2.75, 3.05) is 0 Å². The highest BCUT2D eigenvalue weighted by molar-refractivity contribution is 9.10.